The molecule has 0 aliphatic carbocycles. The molecular formula is C14H18N2. The van der Waals surface area contributed by atoms with Crippen LogP contribution in [0.4, 0.5) is 5.69 Å². The molecule has 0 saturated heterocycles. The first-order chi connectivity index (χ1) is 7.65. The molecule has 2 heteroatoms. The van der Waals surface area contributed by atoms with E-state index >= 15 is 0 Å². The van der Waals surface area contributed by atoms with E-state index in [9.17, 15) is 5.26 Å². The van der Waals surface area contributed by atoms with E-state index in [2.05, 4.69) is 43.0 Å². The molecule has 16 heavy (non-hydrogen) atoms. The molecule has 2 nitrogen and oxygen atoms in total. The Kier molecular flexibility index (Phi) is 2.87. The number of anilines is 1. The van der Waals surface area contributed by atoms with E-state index in [0.29, 0.717) is 11.8 Å². The van der Waals surface area contributed by atoms with Gasteiger partial charge in [0.25, 0.3) is 0 Å². The maximum Gasteiger partial charge on any atom is 0.119 e. The minimum atomic E-state index is -0.00824. The van der Waals surface area contributed by atoms with Gasteiger partial charge in [-0.05, 0) is 29.9 Å². The Morgan fingerprint density at radius 1 is 1.31 bits per heavy atom. The molecule has 0 N–H and O–H groups in total. The summed E-state index contributed by atoms with van der Waals surface area (Å²) in [6.45, 7) is 4.43. The zero-order chi connectivity index (χ0) is 11.7. The molecule has 2 rings (SSSR count). The van der Waals surface area contributed by atoms with Crippen molar-refractivity contribution in [3.05, 3.63) is 29.8 Å². The van der Waals surface area contributed by atoms with Gasteiger partial charge in [0.05, 0.1) is 6.07 Å². The molecule has 0 unspecified atom stereocenters. The van der Waals surface area contributed by atoms with Crippen molar-refractivity contribution in [1.29, 1.82) is 5.26 Å². The molecule has 0 aromatic heterocycles. The van der Waals surface area contributed by atoms with Gasteiger partial charge in [-0.25, -0.2) is 0 Å². The first-order valence-corrected chi connectivity index (χ1v) is 5.86. The molecule has 1 aliphatic rings. The number of hydrogen-bond acceptors (Lipinski definition) is 2. The van der Waals surface area contributed by atoms with Crippen LogP contribution in [0.1, 0.15) is 31.7 Å². The van der Waals surface area contributed by atoms with Crippen LogP contribution in [0, 0.1) is 17.2 Å². The van der Waals surface area contributed by atoms with Crippen molar-refractivity contribution in [2.24, 2.45) is 5.92 Å². The first-order valence-electron chi connectivity index (χ1n) is 5.86. The lowest BCUT2D eigenvalue weighted by Crippen LogP contribution is -2.34. The number of fused-ring (bicyclic) bond motifs is 1. The molecule has 0 spiro atoms. The lowest BCUT2D eigenvalue weighted by atomic mass is 9.89. The Hall–Kier alpha value is -1.49. The van der Waals surface area contributed by atoms with E-state index in [1.54, 1.807) is 0 Å². The maximum absolute atomic E-state index is 9.28. The van der Waals surface area contributed by atoms with Gasteiger partial charge in [0, 0.05) is 12.7 Å². The van der Waals surface area contributed by atoms with Gasteiger partial charge in [-0.2, -0.15) is 5.26 Å². The van der Waals surface area contributed by atoms with Gasteiger partial charge >= 0.3 is 0 Å². The second kappa shape index (κ2) is 4.17. The molecule has 1 aromatic rings. The van der Waals surface area contributed by atoms with Crippen LogP contribution < -0.4 is 4.90 Å². The molecule has 1 aromatic carbocycles. The SMILES string of the molecule is C[C@@H]1C[C@H](C)[C@@H](C#N)N(C)c2ccccc21. The summed E-state index contributed by atoms with van der Waals surface area (Å²) in [6.07, 6.45) is 1.08. The van der Waals surface area contributed by atoms with Crippen molar-refractivity contribution < 1.29 is 0 Å². The van der Waals surface area contributed by atoms with Crippen molar-refractivity contribution in [2.45, 2.75) is 32.2 Å². The molecule has 0 radical (unpaired) electrons. The number of nitrogens with zero attached hydrogens (tertiary/aromatic N) is 2. The minimum absolute atomic E-state index is 0.00824. The van der Waals surface area contributed by atoms with Crippen LogP contribution in [0.25, 0.3) is 0 Å². The average Bonchev–Trinajstić information content (AvgIpc) is 2.37. The van der Waals surface area contributed by atoms with Gasteiger partial charge in [0.15, 0.2) is 0 Å². The molecule has 1 heterocycles. The Morgan fingerprint density at radius 2 is 2.00 bits per heavy atom. The van der Waals surface area contributed by atoms with Crippen LogP contribution >= 0.6 is 0 Å². The van der Waals surface area contributed by atoms with E-state index < -0.39 is 0 Å². The van der Waals surface area contributed by atoms with Crippen LogP contribution in [-0.4, -0.2) is 13.1 Å². The lowest BCUT2D eigenvalue weighted by Gasteiger charge is -2.27. The van der Waals surface area contributed by atoms with Crippen LogP contribution in [0.15, 0.2) is 24.3 Å². The number of benzene rings is 1. The molecule has 84 valence electrons. The molecule has 0 fully saturated rings. The van der Waals surface area contributed by atoms with Crippen molar-refractivity contribution in [3.63, 3.8) is 0 Å². The summed E-state index contributed by atoms with van der Waals surface area (Å²) in [5.41, 5.74) is 2.58. The number of rotatable bonds is 0. The smallest absolute Gasteiger partial charge is 0.119 e. The van der Waals surface area contributed by atoms with Gasteiger partial charge in [-0.1, -0.05) is 32.0 Å². The highest BCUT2D eigenvalue weighted by molar-refractivity contribution is 5.57. The van der Waals surface area contributed by atoms with Crippen molar-refractivity contribution in [2.75, 3.05) is 11.9 Å². The Balaban J connectivity index is 2.50. The van der Waals surface area contributed by atoms with Crippen molar-refractivity contribution in [3.8, 4) is 6.07 Å². The maximum atomic E-state index is 9.28. The third-order valence-electron chi connectivity index (χ3n) is 3.66. The lowest BCUT2D eigenvalue weighted by molar-refractivity contribution is 0.454. The predicted octanol–water partition coefficient (Wildman–Crippen LogP) is 3.16. The highest BCUT2D eigenvalue weighted by Gasteiger charge is 2.29. The van der Waals surface area contributed by atoms with Crippen molar-refractivity contribution in [1.82, 2.24) is 0 Å². The molecule has 1 aliphatic heterocycles. The summed E-state index contributed by atoms with van der Waals surface area (Å²) in [7, 11) is 2.03. The van der Waals surface area contributed by atoms with Gasteiger partial charge in [-0.3, -0.25) is 0 Å². The molecule has 0 bridgehead atoms. The van der Waals surface area contributed by atoms with E-state index in [-0.39, 0.29) is 6.04 Å². The van der Waals surface area contributed by atoms with Gasteiger partial charge in [0.1, 0.15) is 6.04 Å². The molecule has 3 atom stereocenters. The zero-order valence-electron chi connectivity index (χ0n) is 10.1. The van der Waals surface area contributed by atoms with E-state index in [4.69, 9.17) is 0 Å². The second-order valence-corrected chi connectivity index (χ2v) is 4.86. The average molecular weight is 214 g/mol. The summed E-state index contributed by atoms with van der Waals surface area (Å²) in [5, 5.41) is 9.28. The second-order valence-electron chi connectivity index (χ2n) is 4.86. The summed E-state index contributed by atoms with van der Waals surface area (Å²) in [5.74, 6) is 0.949. The summed E-state index contributed by atoms with van der Waals surface area (Å²) >= 11 is 0. The van der Waals surface area contributed by atoms with Crippen molar-refractivity contribution >= 4 is 5.69 Å². The monoisotopic (exact) mass is 214 g/mol. The van der Waals surface area contributed by atoms with Gasteiger partial charge < -0.3 is 4.90 Å². The number of nitriles is 1. The first kappa shape index (κ1) is 11.0. The fourth-order valence-electron chi connectivity index (χ4n) is 2.78. The Bertz CT molecular complexity index is 419. The standard InChI is InChI=1S/C14H18N2/c1-10-8-11(2)14(9-15)16(3)13-7-5-4-6-12(10)13/h4-7,10-11,14H,8H2,1-3H3/t10-,11+,14-/m1/s1. The Morgan fingerprint density at radius 3 is 2.69 bits per heavy atom. The van der Waals surface area contributed by atoms with E-state index in [0.717, 1.165) is 6.42 Å². The number of hydrogen-bond donors (Lipinski definition) is 0. The number of para-hydroxylation sites is 1. The highest BCUT2D eigenvalue weighted by Crippen LogP contribution is 2.37. The molecule has 0 amide bonds. The van der Waals surface area contributed by atoms with E-state index in [1.807, 2.05) is 13.1 Å². The molecule has 0 saturated carbocycles. The summed E-state index contributed by atoms with van der Waals surface area (Å²) < 4.78 is 0. The minimum Gasteiger partial charge on any atom is -0.358 e. The fraction of sp³-hybridized carbons (Fsp3) is 0.500. The zero-order valence-corrected chi connectivity index (χ0v) is 10.1. The van der Waals surface area contributed by atoms with Crippen LogP contribution in [0.3, 0.4) is 0 Å². The fourth-order valence-corrected chi connectivity index (χ4v) is 2.78. The summed E-state index contributed by atoms with van der Waals surface area (Å²) in [4.78, 5) is 2.13. The highest BCUT2D eigenvalue weighted by atomic mass is 15.1. The van der Waals surface area contributed by atoms with Crippen LogP contribution in [0.5, 0.6) is 0 Å². The van der Waals surface area contributed by atoms with E-state index in [1.165, 1.54) is 11.3 Å². The largest absolute Gasteiger partial charge is 0.358 e. The van der Waals surface area contributed by atoms with Crippen LogP contribution in [0.2, 0.25) is 0 Å². The molecular weight excluding hydrogens is 196 g/mol. The summed E-state index contributed by atoms with van der Waals surface area (Å²) in [6, 6.07) is 10.9. The normalized spacial score (nSPS) is 29.1. The topological polar surface area (TPSA) is 27.0 Å². The quantitative estimate of drug-likeness (QED) is 0.663. The predicted molar refractivity (Wildman–Crippen MR) is 66.4 cm³/mol. The third kappa shape index (κ3) is 1.67. The van der Waals surface area contributed by atoms with Gasteiger partial charge in [-0.15, -0.1) is 0 Å². The van der Waals surface area contributed by atoms with Gasteiger partial charge in [0.2, 0.25) is 0 Å². The Labute approximate surface area is 97.5 Å². The third-order valence-corrected chi connectivity index (χ3v) is 3.66. The van der Waals surface area contributed by atoms with Crippen LogP contribution in [-0.2, 0) is 0 Å².